The highest BCUT2D eigenvalue weighted by Gasteiger charge is 2.14. The van der Waals surface area contributed by atoms with E-state index in [0.717, 1.165) is 16.5 Å². The average molecular weight is 291 g/mol. The van der Waals surface area contributed by atoms with Crippen LogP contribution < -0.4 is 0 Å². The quantitative estimate of drug-likeness (QED) is 0.721. The van der Waals surface area contributed by atoms with Gasteiger partial charge in [0.15, 0.2) is 0 Å². The topological polar surface area (TPSA) is 32.9 Å². The molecule has 0 aliphatic carbocycles. The lowest BCUT2D eigenvalue weighted by Gasteiger charge is -2.14. The predicted molar refractivity (Wildman–Crippen MR) is 91.2 cm³/mol. The van der Waals surface area contributed by atoms with Crippen LogP contribution >= 0.6 is 0 Å². The second kappa shape index (κ2) is 6.18. The molecule has 0 amide bonds. The Morgan fingerprint density at radius 2 is 1.91 bits per heavy atom. The molecule has 0 aliphatic rings. The Labute approximate surface area is 131 Å². The Balaban J connectivity index is 1.73. The molecule has 1 N–H and O–H groups in total. The number of fused-ring (bicyclic) bond motifs is 1. The van der Waals surface area contributed by atoms with Crippen molar-refractivity contribution in [3.63, 3.8) is 0 Å². The van der Waals surface area contributed by atoms with E-state index in [9.17, 15) is 4.79 Å². The van der Waals surface area contributed by atoms with Crippen LogP contribution in [-0.4, -0.2) is 10.8 Å². The Kier molecular flexibility index (Phi) is 4.10. The molecule has 2 heteroatoms. The smallest absolute Gasteiger partial charge is 0.137 e. The Morgan fingerprint density at radius 3 is 2.73 bits per heavy atom. The summed E-state index contributed by atoms with van der Waals surface area (Å²) in [6, 6.07) is 16.5. The number of rotatable bonds is 5. The molecule has 112 valence electrons. The maximum absolute atomic E-state index is 12.5. The lowest BCUT2D eigenvalue weighted by Crippen LogP contribution is -2.08. The number of carbonyl (C=O) groups excluding carboxylic acids is 1. The van der Waals surface area contributed by atoms with Gasteiger partial charge in [-0.1, -0.05) is 43.3 Å². The van der Waals surface area contributed by atoms with Gasteiger partial charge < -0.3 is 4.98 Å². The van der Waals surface area contributed by atoms with E-state index < -0.39 is 0 Å². The van der Waals surface area contributed by atoms with E-state index in [0.29, 0.717) is 18.6 Å². The largest absolute Gasteiger partial charge is 0.361 e. The van der Waals surface area contributed by atoms with Crippen molar-refractivity contribution in [1.82, 2.24) is 4.98 Å². The van der Waals surface area contributed by atoms with E-state index in [1.54, 1.807) is 0 Å². The van der Waals surface area contributed by atoms with Crippen molar-refractivity contribution in [2.24, 2.45) is 0 Å². The number of H-pyrrole nitrogens is 1. The van der Waals surface area contributed by atoms with E-state index in [4.69, 9.17) is 0 Å². The standard InChI is InChI=1S/C20H21NO/c1-14-6-3-4-8-18(14)15(2)12-17(22)13-16-7-5-9-20-19(16)10-11-21-20/h3-11,15,21H,12-13H2,1-2H3. The number of benzene rings is 2. The summed E-state index contributed by atoms with van der Waals surface area (Å²) < 4.78 is 0. The molecule has 1 aromatic heterocycles. The lowest BCUT2D eigenvalue weighted by molar-refractivity contribution is -0.118. The van der Waals surface area contributed by atoms with Crippen molar-refractivity contribution in [2.75, 3.05) is 0 Å². The van der Waals surface area contributed by atoms with E-state index in [2.05, 4.69) is 31.0 Å². The van der Waals surface area contributed by atoms with Crippen LogP contribution in [0.2, 0.25) is 0 Å². The van der Waals surface area contributed by atoms with Crippen LogP contribution in [0.5, 0.6) is 0 Å². The summed E-state index contributed by atoms with van der Waals surface area (Å²) >= 11 is 0. The summed E-state index contributed by atoms with van der Waals surface area (Å²) in [7, 11) is 0. The number of aromatic amines is 1. The molecule has 0 saturated heterocycles. The number of hydrogen-bond donors (Lipinski definition) is 1. The molecule has 2 nitrogen and oxygen atoms in total. The summed E-state index contributed by atoms with van der Waals surface area (Å²) in [6.45, 7) is 4.24. The first-order valence-electron chi connectivity index (χ1n) is 7.77. The number of carbonyl (C=O) groups is 1. The predicted octanol–water partition coefficient (Wildman–Crippen LogP) is 4.78. The fourth-order valence-electron chi connectivity index (χ4n) is 3.18. The summed E-state index contributed by atoms with van der Waals surface area (Å²) in [5, 5.41) is 1.15. The summed E-state index contributed by atoms with van der Waals surface area (Å²) in [4.78, 5) is 15.7. The third-order valence-corrected chi connectivity index (χ3v) is 4.33. The van der Waals surface area contributed by atoms with Gasteiger partial charge in [0.05, 0.1) is 0 Å². The van der Waals surface area contributed by atoms with Crippen LogP contribution in [-0.2, 0) is 11.2 Å². The first kappa shape index (κ1) is 14.6. The third kappa shape index (κ3) is 2.96. The minimum atomic E-state index is 0.263. The maximum Gasteiger partial charge on any atom is 0.137 e. The molecule has 22 heavy (non-hydrogen) atoms. The lowest BCUT2D eigenvalue weighted by atomic mass is 9.90. The monoisotopic (exact) mass is 291 g/mol. The second-order valence-corrected chi connectivity index (χ2v) is 6.03. The van der Waals surface area contributed by atoms with Crippen LogP contribution in [0.25, 0.3) is 10.9 Å². The normalized spacial score (nSPS) is 12.5. The zero-order valence-corrected chi connectivity index (χ0v) is 13.1. The van der Waals surface area contributed by atoms with Gasteiger partial charge in [-0.25, -0.2) is 0 Å². The van der Waals surface area contributed by atoms with Crippen LogP contribution in [0, 0.1) is 6.92 Å². The molecule has 2 aromatic carbocycles. The number of aromatic nitrogens is 1. The van der Waals surface area contributed by atoms with Gasteiger partial charge in [-0.2, -0.15) is 0 Å². The van der Waals surface area contributed by atoms with Crippen LogP contribution in [0.15, 0.2) is 54.7 Å². The van der Waals surface area contributed by atoms with Crippen molar-refractivity contribution >= 4 is 16.7 Å². The van der Waals surface area contributed by atoms with Gasteiger partial charge in [0.2, 0.25) is 0 Å². The molecule has 0 spiro atoms. The fourth-order valence-corrected chi connectivity index (χ4v) is 3.18. The molecule has 1 unspecified atom stereocenters. The first-order valence-corrected chi connectivity index (χ1v) is 7.77. The SMILES string of the molecule is Cc1ccccc1C(C)CC(=O)Cc1cccc2[nH]ccc12. The van der Waals surface area contributed by atoms with Gasteiger partial charge in [-0.3, -0.25) is 4.79 Å². The third-order valence-electron chi connectivity index (χ3n) is 4.33. The van der Waals surface area contributed by atoms with Crippen molar-refractivity contribution < 1.29 is 4.79 Å². The molecule has 0 radical (unpaired) electrons. The maximum atomic E-state index is 12.5. The first-order chi connectivity index (χ1) is 10.6. The van der Waals surface area contributed by atoms with Gasteiger partial charge in [0.25, 0.3) is 0 Å². The van der Waals surface area contributed by atoms with E-state index >= 15 is 0 Å². The average Bonchev–Trinajstić information content (AvgIpc) is 2.97. The highest BCUT2D eigenvalue weighted by molar-refractivity contribution is 5.89. The zero-order valence-electron chi connectivity index (χ0n) is 13.1. The molecule has 0 fully saturated rings. The van der Waals surface area contributed by atoms with Gasteiger partial charge >= 0.3 is 0 Å². The van der Waals surface area contributed by atoms with E-state index in [1.807, 2.05) is 42.6 Å². The summed E-state index contributed by atoms with van der Waals surface area (Å²) in [5.41, 5.74) is 4.74. The van der Waals surface area contributed by atoms with Gasteiger partial charge in [0, 0.05) is 29.9 Å². The molecule has 1 atom stereocenters. The Bertz CT molecular complexity index is 800. The fraction of sp³-hybridized carbons (Fsp3) is 0.250. The van der Waals surface area contributed by atoms with Crippen LogP contribution in [0.3, 0.4) is 0 Å². The van der Waals surface area contributed by atoms with Gasteiger partial charge in [0.1, 0.15) is 5.78 Å². The Morgan fingerprint density at radius 1 is 1.09 bits per heavy atom. The molecular weight excluding hydrogens is 270 g/mol. The number of hydrogen-bond acceptors (Lipinski definition) is 1. The van der Waals surface area contributed by atoms with Gasteiger partial charge in [-0.05, 0) is 41.7 Å². The summed E-state index contributed by atoms with van der Waals surface area (Å²) in [5.74, 6) is 0.559. The summed E-state index contributed by atoms with van der Waals surface area (Å²) in [6.07, 6.45) is 3.02. The van der Waals surface area contributed by atoms with Crippen LogP contribution in [0.1, 0.15) is 36.0 Å². The second-order valence-electron chi connectivity index (χ2n) is 6.03. The molecule has 3 aromatic rings. The highest BCUT2D eigenvalue weighted by Crippen LogP contribution is 2.24. The Hall–Kier alpha value is -2.35. The minimum absolute atomic E-state index is 0.263. The van der Waals surface area contributed by atoms with E-state index in [1.165, 1.54) is 11.1 Å². The van der Waals surface area contributed by atoms with Gasteiger partial charge in [-0.15, -0.1) is 0 Å². The highest BCUT2D eigenvalue weighted by atomic mass is 16.1. The molecular formula is C20H21NO. The minimum Gasteiger partial charge on any atom is -0.361 e. The van der Waals surface area contributed by atoms with Crippen molar-refractivity contribution in [3.05, 3.63) is 71.4 Å². The zero-order chi connectivity index (χ0) is 15.5. The molecule has 0 saturated carbocycles. The number of aryl methyl sites for hydroxylation is 1. The molecule has 0 bridgehead atoms. The van der Waals surface area contributed by atoms with Crippen molar-refractivity contribution in [3.8, 4) is 0 Å². The number of nitrogens with one attached hydrogen (secondary N) is 1. The molecule has 1 heterocycles. The van der Waals surface area contributed by atoms with Crippen molar-refractivity contribution in [1.29, 1.82) is 0 Å². The van der Waals surface area contributed by atoms with Crippen LogP contribution in [0.4, 0.5) is 0 Å². The van der Waals surface area contributed by atoms with Crippen molar-refractivity contribution in [2.45, 2.75) is 32.6 Å². The number of Topliss-reactive ketones (excluding diaryl/α,β-unsaturated/α-hetero) is 1. The molecule has 0 aliphatic heterocycles. The van der Waals surface area contributed by atoms with E-state index in [-0.39, 0.29) is 5.92 Å². The molecule has 3 rings (SSSR count). The number of ketones is 1.